The molecular formula is C13H13BrN2O3S. The van der Waals surface area contributed by atoms with E-state index < -0.39 is 0 Å². The summed E-state index contributed by atoms with van der Waals surface area (Å²) in [6.07, 6.45) is 0. The van der Waals surface area contributed by atoms with Crippen molar-refractivity contribution in [3.8, 4) is 23.0 Å². The lowest BCUT2D eigenvalue weighted by Crippen LogP contribution is -1.88. The summed E-state index contributed by atoms with van der Waals surface area (Å²) >= 11 is 4.70. The van der Waals surface area contributed by atoms with Crippen LogP contribution in [0.15, 0.2) is 38.9 Å². The highest BCUT2D eigenvalue weighted by Crippen LogP contribution is 2.30. The van der Waals surface area contributed by atoms with Gasteiger partial charge in [-0.05, 0) is 16.6 Å². The summed E-state index contributed by atoms with van der Waals surface area (Å²) in [4.78, 5) is 0. The lowest BCUT2D eigenvalue weighted by molar-refractivity contribution is 0.394. The second-order valence-electron chi connectivity index (χ2n) is 3.78. The Morgan fingerprint density at radius 1 is 1.25 bits per heavy atom. The molecule has 7 heteroatoms. The van der Waals surface area contributed by atoms with Gasteiger partial charge in [-0.1, -0.05) is 34.3 Å². The van der Waals surface area contributed by atoms with Crippen LogP contribution in [-0.2, 0) is 0 Å². The van der Waals surface area contributed by atoms with Gasteiger partial charge in [0.05, 0.1) is 14.2 Å². The Kier molecular flexibility index (Phi) is 5.08. The molecule has 1 heterocycles. The molecule has 0 spiro atoms. The first-order valence-electron chi connectivity index (χ1n) is 5.65. The van der Waals surface area contributed by atoms with E-state index in [1.54, 1.807) is 20.3 Å². The molecule has 0 aliphatic heterocycles. The SMILES string of the molecule is C=C(Br)CSc1nnc(-c2cc(OC)cc(OC)c2)o1. The molecule has 0 fully saturated rings. The van der Waals surface area contributed by atoms with Gasteiger partial charge in [-0.25, -0.2) is 0 Å². The molecule has 0 saturated heterocycles. The number of rotatable bonds is 6. The lowest BCUT2D eigenvalue weighted by Gasteiger charge is -2.05. The highest BCUT2D eigenvalue weighted by Gasteiger charge is 2.12. The van der Waals surface area contributed by atoms with E-state index in [1.807, 2.05) is 12.1 Å². The van der Waals surface area contributed by atoms with E-state index in [-0.39, 0.29) is 0 Å². The maximum Gasteiger partial charge on any atom is 0.277 e. The summed E-state index contributed by atoms with van der Waals surface area (Å²) in [5.41, 5.74) is 0.748. The maximum absolute atomic E-state index is 5.59. The van der Waals surface area contributed by atoms with Crippen LogP contribution < -0.4 is 9.47 Å². The van der Waals surface area contributed by atoms with E-state index in [0.29, 0.717) is 28.4 Å². The Morgan fingerprint density at radius 3 is 2.45 bits per heavy atom. The van der Waals surface area contributed by atoms with Gasteiger partial charge in [-0.2, -0.15) is 0 Å². The summed E-state index contributed by atoms with van der Waals surface area (Å²) in [6, 6.07) is 5.41. The fourth-order valence-corrected chi connectivity index (χ4v) is 2.32. The van der Waals surface area contributed by atoms with Crippen LogP contribution in [-0.4, -0.2) is 30.2 Å². The number of benzene rings is 1. The topological polar surface area (TPSA) is 57.4 Å². The first-order valence-corrected chi connectivity index (χ1v) is 7.43. The molecule has 0 radical (unpaired) electrons. The van der Waals surface area contributed by atoms with E-state index in [1.165, 1.54) is 11.8 Å². The van der Waals surface area contributed by atoms with Crippen LogP contribution in [0.4, 0.5) is 0 Å². The predicted molar refractivity (Wildman–Crippen MR) is 81.6 cm³/mol. The lowest BCUT2D eigenvalue weighted by atomic mass is 10.2. The number of methoxy groups -OCH3 is 2. The van der Waals surface area contributed by atoms with Crippen LogP contribution in [0.5, 0.6) is 11.5 Å². The first-order chi connectivity index (χ1) is 9.62. The second kappa shape index (κ2) is 6.81. The second-order valence-corrected chi connectivity index (χ2v) is 5.83. The van der Waals surface area contributed by atoms with Crippen molar-refractivity contribution in [3.05, 3.63) is 29.3 Å². The summed E-state index contributed by atoms with van der Waals surface area (Å²) in [7, 11) is 3.19. The van der Waals surface area contributed by atoms with Crippen molar-refractivity contribution in [2.24, 2.45) is 0 Å². The van der Waals surface area contributed by atoms with Gasteiger partial charge >= 0.3 is 0 Å². The molecular weight excluding hydrogens is 344 g/mol. The van der Waals surface area contributed by atoms with Crippen molar-refractivity contribution >= 4 is 27.7 Å². The number of hydrogen-bond donors (Lipinski definition) is 0. The first kappa shape index (κ1) is 14.9. The zero-order valence-corrected chi connectivity index (χ0v) is 13.5. The van der Waals surface area contributed by atoms with Gasteiger partial charge < -0.3 is 13.9 Å². The van der Waals surface area contributed by atoms with Gasteiger partial charge in [-0.15, -0.1) is 10.2 Å². The molecule has 1 aromatic heterocycles. The third kappa shape index (κ3) is 3.77. The molecule has 0 aliphatic carbocycles. The average molecular weight is 357 g/mol. The minimum Gasteiger partial charge on any atom is -0.497 e. The van der Waals surface area contributed by atoms with Crippen molar-refractivity contribution in [2.75, 3.05) is 20.0 Å². The summed E-state index contributed by atoms with van der Waals surface area (Å²) in [5, 5.41) is 8.49. The van der Waals surface area contributed by atoms with Crippen molar-refractivity contribution < 1.29 is 13.9 Å². The quantitative estimate of drug-likeness (QED) is 0.734. The fraction of sp³-hybridized carbons (Fsp3) is 0.231. The molecule has 2 rings (SSSR count). The Balaban J connectivity index is 2.24. The third-order valence-electron chi connectivity index (χ3n) is 2.36. The molecule has 0 saturated carbocycles. The zero-order chi connectivity index (χ0) is 14.5. The number of ether oxygens (including phenoxy) is 2. The van der Waals surface area contributed by atoms with Crippen LogP contribution in [0.2, 0.25) is 0 Å². The van der Waals surface area contributed by atoms with Gasteiger partial charge in [0.25, 0.3) is 5.22 Å². The number of halogens is 1. The predicted octanol–water partition coefficient (Wildman–Crippen LogP) is 3.75. The molecule has 0 amide bonds. The number of thioether (sulfide) groups is 1. The van der Waals surface area contributed by atoms with Crippen LogP contribution in [0.3, 0.4) is 0 Å². The number of nitrogens with zero attached hydrogens (tertiary/aromatic N) is 2. The van der Waals surface area contributed by atoms with Crippen molar-refractivity contribution in [1.29, 1.82) is 0 Å². The van der Waals surface area contributed by atoms with Crippen molar-refractivity contribution in [3.63, 3.8) is 0 Å². The maximum atomic E-state index is 5.59. The summed E-state index contributed by atoms with van der Waals surface area (Å²) in [6.45, 7) is 3.75. The zero-order valence-electron chi connectivity index (χ0n) is 11.1. The monoisotopic (exact) mass is 356 g/mol. The van der Waals surface area contributed by atoms with E-state index in [9.17, 15) is 0 Å². The fourth-order valence-electron chi connectivity index (χ4n) is 1.46. The van der Waals surface area contributed by atoms with Crippen LogP contribution >= 0.6 is 27.7 Å². The summed E-state index contributed by atoms with van der Waals surface area (Å²) < 4.78 is 16.9. The van der Waals surface area contributed by atoms with Crippen LogP contribution in [0.25, 0.3) is 11.5 Å². The Morgan fingerprint density at radius 2 is 1.90 bits per heavy atom. The molecule has 0 bridgehead atoms. The van der Waals surface area contributed by atoms with Crippen LogP contribution in [0.1, 0.15) is 0 Å². The Bertz CT molecular complexity index is 593. The van der Waals surface area contributed by atoms with Crippen molar-refractivity contribution in [1.82, 2.24) is 10.2 Å². The average Bonchev–Trinajstić information content (AvgIpc) is 2.93. The molecule has 20 heavy (non-hydrogen) atoms. The minimum absolute atomic E-state index is 0.421. The standard InChI is InChI=1S/C13H13BrN2O3S/c1-8(14)7-20-13-16-15-12(19-13)9-4-10(17-2)6-11(5-9)18-3/h4-6H,1,7H2,2-3H3. The molecule has 1 aromatic carbocycles. The van der Waals surface area contributed by atoms with Gasteiger partial charge in [0, 0.05) is 17.4 Å². The van der Waals surface area contributed by atoms with Gasteiger partial charge in [-0.3, -0.25) is 0 Å². The van der Waals surface area contributed by atoms with E-state index in [2.05, 4.69) is 32.7 Å². The van der Waals surface area contributed by atoms with Gasteiger partial charge in [0.1, 0.15) is 11.5 Å². The van der Waals surface area contributed by atoms with Crippen molar-refractivity contribution in [2.45, 2.75) is 5.22 Å². The van der Waals surface area contributed by atoms with Crippen LogP contribution in [0, 0.1) is 0 Å². The molecule has 0 aliphatic rings. The molecule has 5 nitrogen and oxygen atoms in total. The van der Waals surface area contributed by atoms with E-state index in [0.717, 1.165) is 10.0 Å². The minimum atomic E-state index is 0.421. The molecule has 0 N–H and O–H groups in total. The van der Waals surface area contributed by atoms with E-state index in [4.69, 9.17) is 13.9 Å². The number of aromatic nitrogens is 2. The highest BCUT2D eigenvalue weighted by atomic mass is 79.9. The van der Waals surface area contributed by atoms with E-state index >= 15 is 0 Å². The van der Waals surface area contributed by atoms with Gasteiger partial charge in [0.15, 0.2) is 0 Å². The molecule has 2 aromatic rings. The largest absolute Gasteiger partial charge is 0.497 e. The third-order valence-corrected chi connectivity index (χ3v) is 3.91. The Labute approximate surface area is 129 Å². The number of hydrogen-bond acceptors (Lipinski definition) is 6. The van der Waals surface area contributed by atoms with Gasteiger partial charge in [0.2, 0.25) is 5.89 Å². The molecule has 0 atom stereocenters. The smallest absolute Gasteiger partial charge is 0.277 e. The summed E-state index contributed by atoms with van der Waals surface area (Å²) in [5.74, 6) is 2.43. The normalized spacial score (nSPS) is 10.3. The highest BCUT2D eigenvalue weighted by molar-refractivity contribution is 9.11. The molecule has 106 valence electrons. The Hall–Kier alpha value is -1.47. The molecule has 0 unspecified atom stereocenters.